The van der Waals surface area contributed by atoms with E-state index in [2.05, 4.69) is 40.8 Å². The number of urea groups is 1. The van der Waals surface area contributed by atoms with Crippen molar-refractivity contribution in [3.05, 3.63) is 58.3 Å². The second-order valence-electron chi connectivity index (χ2n) is 9.10. The van der Waals surface area contributed by atoms with Crippen LogP contribution in [0, 0.1) is 0 Å². The molecular formula is C27H38N4O3S2. The van der Waals surface area contributed by atoms with E-state index < -0.39 is 0 Å². The maximum Gasteiger partial charge on any atom is 0.341 e. The number of rotatable bonds is 12. The van der Waals surface area contributed by atoms with Gasteiger partial charge in [0, 0.05) is 35.1 Å². The summed E-state index contributed by atoms with van der Waals surface area (Å²) in [4.78, 5) is 29.1. The molecule has 0 spiro atoms. The Morgan fingerprint density at radius 2 is 1.94 bits per heavy atom. The predicted octanol–water partition coefficient (Wildman–Crippen LogP) is 5.86. The van der Waals surface area contributed by atoms with Crippen molar-refractivity contribution in [2.45, 2.75) is 46.0 Å². The smallest absolute Gasteiger partial charge is 0.341 e. The third kappa shape index (κ3) is 7.51. The Morgan fingerprint density at radius 3 is 2.61 bits per heavy atom. The number of thioether (sulfide) groups is 1. The highest BCUT2D eigenvalue weighted by Crippen LogP contribution is 2.38. The van der Waals surface area contributed by atoms with E-state index in [1.54, 1.807) is 18.7 Å². The van der Waals surface area contributed by atoms with E-state index in [1.165, 1.54) is 16.2 Å². The van der Waals surface area contributed by atoms with E-state index in [9.17, 15) is 9.59 Å². The Balaban J connectivity index is 1.76. The summed E-state index contributed by atoms with van der Waals surface area (Å²) in [5, 5.41) is 7.56. The molecule has 0 aromatic carbocycles. The molecule has 0 saturated heterocycles. The van der Waals surface area contributed by atoms with E-state index in [0.717, 1.165) is 66.1 Å². The maximum absolute atomic E-state index is 13.0. The minimum absolute atomic E-state index is 0.302. The number of amides is 2. The lowest BCUT2D eigenvalue weighted by Crippen LogP contribution is -2.31. The number of nitrogens with zero attached hydrogens (tertiary/aromatic N) is 2. The average molecular weight is 531 g/mol. The summed E-state index contributed by atoms with van der Waals surface area (Å²) in [6, 6.07) is 3.64. The molecule has 196 valence electrons. The fourth-order valence-electron chi connectivity index (χ4n) is 4.14. The molecule has 7 nitrogen and oxygen atoms in total. The van der Waals surface area contributed by atoms with Crippen molar-refractivity contribution in [3.63, 3.8) is 0 Å². The zero-order valence-electron chi connectivity index (χ0n) is 21.8. The van der Waals surface area contributed by atoms with Crippen LogP contribution in [0.3, 0.4) is 0 Å². The summed E-state index contributed by atoms with van der Waals surface area (Å²) in [7, 11) is 4.15. The minimum Gasteiger partial charge on any atom is -0.462 e. The molecule has 2 heterocycles. The first-order chi connectivity index (χ1) is 17.3. The third-order valence-corrected chi connectivity index (χ3v) is 8.34. The standard InChI is InChI=1S/C27H38N4O3S2/c1-6-34-26(32)23-20-12-7-8-13-22(20)36-24(23)29-27(33)28-18-21(19(2)3)25(31-15-9-10-16-31)35-17-11-14-30(4)5/h9-10,15-16H,2,6-8,11-14,17-18H2,1,3-5H3,(H2,28,29,33)/b25-21-. The molecule has 3 rings (SSSR count). The van der Waals surface area contributed by atoms with Gasteiger partial charge in [-0.1, -0.05) is 12.2 Å². The van der Waals surface area contributed by atoms with Crippen LogP contribution in [0.15, 0.2) is 42.3 Å². The molecule has 2 aromatic heterocycles. The Hall–Kier alpha value is -2.49. The summed E-state index contributed by atoms with van der Waals surface area (Å²) in [6.07, 6.45) is 9.00. The Labute approximate surface area is 223 Å². The first-order valence-corrected chi connectivity index (χ1v) is 14.3. The molecule has 0 bridgehead atoms. The SMILES string of the molecule is C=C(C)/C(CNC(=O)Nc1sc2c(c1C(=O)OCC)CCCC2)=C(\SCCCN(C)C)n1cccc1. The number of hydrogen-bond donors (Lipinski definition) is 2. The molecule has 0 fully saturated rings. The number of carbonyl (C=O) groups excluding carboxylic acids is 2. The van der Waals surface area contributed by atoms with Gasteiger partial charge in [-0.15, -0.1) is 23.1 Å². The van der Waals surface area contributed by atoms with Crippen LogP contribution in [0.5, 0.6) is 0 Å². The van der Waals surface area contributed by atoms with Crippen LogP contribution in [0.1, 0.15) is 53.9 Å². The molecule has 36 heavy (non-hydrogen) atoms. The van der Waals surface area contributed by atoms with Gasteiger partial charge in [0.2, 0.25) is 0 Å². The van der Waals surface area contributed by atoms with Crippen molar-refractivity contribution >= 4 is 45.1 Å². The average Bonchev–Trinajstić information content (AvgIpc) is 3.48. The van der Waals surface area contributed by atoms with Gasteiger partial charge in [-0.05, 0) is 84.3 Å². The highest BCUT2D eigenvalue weighted by molar-refractivity contribution is 8.07. The number of carbonyl (C=O) groups is 2. The van der Waals surface area contributed by atoms with Crippen molar-refractivity contribution in [1.82, 2.24) is 14.8 Å². The largest absolute Gasteiger partial charge is 0.462 e. The number of ether oxygens (including phenoxy) is 1. The lowest BCUT2D eigenvalue weighted by Gasteiger charge is -2.18. The maximum atomic E-state index is 13.0. The van der Waals surface area contributed by atoms with Crippen LogP contribution < -0.4 is 10.6 Å². The molecule has 0 aliphatic heterocycles. The molecule has 1 aliphatic carbocycles. The molecule has 1 aliphatic rings. The number of fused-ring (bicyclic) bond motifs is 1. The summed E-state index contributed by atoms with van der Waals surface area (Å²) in [5.41, 5.74) is 3.43. The number of nitrogens with one attached hydrogen (secondary N) is 2. The third-order valence-electron chi connectivity index (χ3n) is 5.90. The Kier molecular flexibility index (Phi) is 10.7. The molecule has 0 unspecified atom stereocenters. The van der Waals surface area contributed by atoms with Crippen LogP contribution >= 0.6 is 23.1 Å². The van der Waals surface area contributed by atoms with E-state index in [-0.39, 0.29) is 12.0 Å². The van der Waals surface area contributed by atoms with Crippen LogP contribution in [-0.2, 0) is 17.6 Å². The first-order valence-electron chi connectivity index (χ1n) is 12.5. The monoisotopic (exact) mass is 530 g/mol. The molecule has 9 heteroatoms. The van der Waals surface area contributed by atoms with Crippen LogP contribution in [-0.4, -0.2) is 61.0 Å². The normalized spacial score (nSPS) is 13.7. The first kappa shape index (κ1) is 28.1. The van der Waals surface area contributed by atoms with Crippen molar-refractivity contribution in [1.29, 1.82) is 0 Å². The van der Waals surface area contributed by atoms with Gasteiger partial charge in [-0.3, -0.25) is 5.32 Å². The van der Waals surface area contributed by atoms with Gasteiger partial charge < -0.3 is 19.5 Å². The topological polar surface area (TPSA) is 75.6 Å². The second kappa shape index (κ2) is 13.7. The number of aromatic nitrogens is 1. The van der Waals surface area contributed by atoms with Crippen molar-refractivity contribution in [2.75, 3.05) is 44.9 Å². The van der Waals surface area contributed by atoms with E-state index in [0.29, 0.717) is 23.7 Å². The predicted molar refractivity (Wildman–Crippen MR) is 152 cm³/mol. The lowest BCUT2D eigenvalue weighted by atomic mass is 9.95. The molecule has 2 aromatic rings. The van der Waals surface area contributed by atoms with Gasteiger partial charge in [0.25, 0.3) is 0 Å². The van der Waals surface area contributed by atoms with Gasteiger partial charge in [-0.25, -0.2) is 9.59 Å². The molecule has 0 saturated carbocycles. The van der Waals surface area contributed by atoms with Gasteiger partial charge in [0.1, 0.15) is 5.00 Å². The summed E-state index contributed by atoms with van der Waals surface area (Å²) >= 11 is 3.26. The van der Waals surface area contributed by atoms with Crippen LogP contribution in [0.25, 0.3) is 5.03 Å². The van der Waals surface area contributed by atoms with Crippen LogP contribution in [0.2, 0.25) is 0 Å². The number of aryl methyl sites for hydroxylation is 1. The second-order valence-corrected chi connectivity index (χ2v) is 11.3. The molecule has 0 atom stereocenters. The summed E-state index contributed by atoms with van der Waals surface area (Å²) < 4.78 is 7.39. The number of anilines is 1. The van der Waals surface area contributed by atoms with E-state index in [1.807, 2.05) is 31.5 Å². The Morgan fingerprint density at radius 1 is 1.22 bits per heavy atom. The van der Waals surface area contributed by atoms with E-state index in [4.69, 9.17) is 4.74 Å². The van der Waals surface area contributed by atoms with Crippen molar-refractivity contribution in [3.8, 4) is 0 Å². The molecule has 2 N–H and O–H groups in total. The molecule has 0 radical (unpaired) electrons. The Bertz CT molecular complexity index is 1090. The van der Waals surface area contributed by atoms with Crippen LogP contribution in [0.4, 0.5) is 9.80 Å². The quantitative estimate of drug-likeness (QED) is 0.204. The van der Waals surface area contributed by atoms with Gasteiger partial charge in [0.15, 0.2) is 0 Å². The summed E-state index contributed by atoms with van der Waals surface area (Å²) in [6.45, 7) is 9.59. The number of thiophene rings is 1. The highest BCUT2D eigenvalue weighted by Gasteiger charge is 2.27. The van der Waals surface area contributed by atoms with Crippen molar-refractivity contribution in [2.24, 2.45) is 0 Å². The van der Waals surface area contributed by atoms with E-state index >= 15 is 0 Å². The van der Waals surface area contributed by atoms with Gasteiger partial charge >= 0.3 is 12.0 Å². The molecular weight excluding hydrogens is 492 g/mol. The highest BCUT2D eigenvalue weighted by atomic mass is 32.2. The zero-order valence-corrected chi connectivity index (χ0v) is 23.4. The zero-order chi connectivity index (χ0) is 26.1. The number of esters is 1. The van der Waals surface area contributed by atoms with Crippen molar-refractivity contribution < 1.29 is 14.3 Å². The molecule has 2 amide bonds. The van der Waals surface area contributed by atoms with Gasteiger partial charge in [-0.2, -0.15) is 0 Å². The minimum atomic E-state index is -0.362. The fraction of sp³-hybridized carbons (Fsp3) is 0.481. The fourth-order valence-corrected chi connectivity index (χ4v) is 6.57. The summed E-state index contributed by atoms with van der Waals surface area (Å²) in [5.74, 6) is 0.594. The van der Waals surface area contributed by atoms with Gasteiger partial charge in [0.05, 0.1) is 17.2 Å². The lowest BCUT2D eigenvalue weighted by molar-refractivity contribution is 0.0526. The number of hydrogen-bond acceptors (Lipinski definition) is 6.